The summed E-state index contributed by atoms with van der Waals surface area (Å²) in [6.45, 7) is 0. The van der Waals surface area contributed by atoms with Gasteiger partial charge in [0.2, 0.25) is 0 Å². The van der Waals surface area contributed by atoms with Gasteiger partial charge >= 0.3 is 69.2 Å². The Labute approximate surface area is 147 Å². The fraction of sp³-hybridized carbons (Fsp3) is 0. The Morgan fingerprint density at radius 1 is 0.455 bits per heavy atom. The predicted molar refractivity (Wildman–Crippen MR) is 71.0 cm³/mol. The van der Waals surface area contributed by atoms with Crippen molar-refractivity contribution in [3.8, 4) is 0 Å². The third-order valence-corrected chi connectivity index (χ3v) is 0. The van der Waals surface area contributed by atoms with Crippen molar-refractivity contribution in [2.24, 2.45) is 0 Å². The zero-order valence-corrected chi connectivity index (χ0v) is 10.6. The maximum atomic E-state index is 8.74. The zero-order valence-electron chi connectivity index (χ0n) is 9.80. The molecule has 0 aliphatic heterocycles. The summed E-state index contributed by atoms with van der Waals surface area (Å²) in [5.74, 6) is 0. The Bertz CT molecular complexity index is 206. The van der Waals surface area contributed by atoms with E-state index in [-0.39, 0.29) is 29.6 Å². The second-order valence-corrected chi connectivity index (χ2v) is 2.73. The van der Waals surface area contributed by atoms with E-state index in [9.17, 15) is 0 Å². The predicted octanol–water partition coefficient (Wildman–Crippen LogP) is -9.51. The summed E-state index contributed by atoms with van der Waals surface area (Å²) in [5, 5.41) is 86.0. The SMILES string of the molecule is O=S(=O)(O)O.OB(O)O.OB(O)O.OB(O)O.OB(O)O.[NaH]. The van der Waals surface area contributed by atoms with Gasteiger partial charge in [-0.2, -0.15) is 8.42 Å². The monoisotopic (exact) mass is 370 g/mol. The van der Waals surface area contributed by atoms with Gasteiger partial charge in [0.05, 0.1) is 0 Å². The van der Waals surface area contributed by atoms with Crippen LogP contribution in [-0.2, 0) is 10.4 Å². The second kappa shape index (κ2) is 26.5. The van der Waals surface area contributed by atoms with Gasteiger partial charge in [-0.05, 0) is 0 Å². The first kappa shape index (κ1) is 38.3. The molecule has 0 aromatic carbocycles. The fourth-order valence-corrected chi connectivity index (χ4v) is 0. The molecule has 22 heavy (non-hydrogen) atoms. The third-order valence-electron chi connectivity index (χ3n) is 0. The standard InChI is InChI=1S/4BH3O3.Na.H2O4S.H/c4*2-1(3)4;;1-5(2,3)4;/h4*2-4H;;(H2,1,2,3,4);. The van der Waals surface area contributed by atoms with E-state index in [2.05, 4.69) is 0 Å². The summed E-state index contributed by atoms with van der Waals surface area (Å²) >= 11 is 0. The van der Waals surface area contributed by atoms with Crippen molar-refractivity contribution in [1.82, 2.24) is 0 Å². The van der Waals surface area contributed by atoms with E-state index in [0.29, 0.717) is 0 Å². The molecule has 0 fully saturated rings. The van der Waals surface area contributed by atoms with Crippen molar-refractivity contribution >= 4 is 69.2 Å². The first-order valence-electron chi connectivity index (χ1n) is 3.80. The van der Waals surface area contributed by atoms with Gasteiger partial charge in [-0.15, -0.1) is 0 Å². The molecular formula is H15B4NaO16S. The van der Waals surface area contributed by atoms with E-state index in [0.717, 1.165) is 0 Å². The molecule has 22 heteroatoms. The van der Waals surface area contributed by atoms with Crippen LogP contribution in [0.2, 0.25) is 0 Å². The van der Waals surface area contributed by atoms with E-state index in [1.54, 1.807) is 0 Å². The molecule has 14 N–H and O–H groups in total. The Balaban J connectivity index is -0.0000000361. The molecule has 0 saturated heterocycles. The van der Waals surface area contributed by atoms with Crippen LogP contribution in [0.15, 0.2) is 0 Å². The normalized spacial score (nSPS) is 7.55. The van der Waals surface area contributed by atoms with Crippen molar-refractivity contribution in [3.05, 3.63) is 0 Å². The minimum absolute atomic E-state index is 0. The van der Waals surface area contributed by atoms with Crippen molar-refractivity contribution < 1.29 is 77.8 Å². The Kier molecular flexibility index (Phi) is 46.2. The van der Waals surface area contributed by atoms with E-state index in [1.165, 1.54) is 0 Å². The van der Waals surface area contributed by atoms with Crippen LogP contribution in [0, 0.1) is 0 Å². The Morgan fingerprint density at radius 3 is 0.455 bits per heavy atom. The summed E-state index contributed by atoms with van der Waals surface area (Å²) in [4.78, 5) is 0. The molecule has 0 aromatic rings. The molecule has 0 spiro atoms. The van der Waals surface area contributed by atoms with Gasteiger partial charge in [0.25, 0.3) is 0 Å². The molecule has 0 heterocycles. The van der Waals surface area contributed by atoms with Crippen LogP contribution < -0.4 is 0 Å². The third kappa shape index (κ3) is 18900. The minimum atomic E-state index is -4.67. The summed E-state index contributed by atoms with van der Waals surface area (Å²) < 4.78 is 31.6. The van der Waals surface area contributed by atoms with Gasteiger partial charge in [0.1, 0.15) is 0 Å². The van der Waals surface area contributed by atoms with Crippen molar-refractivity contribution in [1.29, 1.82) is 0 Å². The topological polar surface area (TPSA) is 317 Å². The van der Waals surface area contributed by atoms with Crippen LogP contribution in [0.1, 0.15) is 0 Å². The van der Waals surface area contributed by atoms with Gasteiger partial charge in [-0.25, -0.2) is 0 Å². The van der Waals surface area contributed by atoms with Crippen LogP contribution in [0.3, 0.4) is 0 Å². The van der Waals surface area contributed by atoms with Crippen LogP contribution in [0.5, 0.6) is 0 Å². The quantitative estimate of drug-likeness (QED) is 0.139. The molecule has 0 saturated carbocycles. The molecule has 0 aliphatic carbocycles. The Morgan fingerprint density at radius 2 is 0.455 bits per heavy atom. The van der Waals surface area contributed by atoms with E-state index in [4.69, 9.17) is 77.8 Å². The van der Waals surface area contributed by atoms with Gasteiger partial charge in [0, 0.05) is 0 Å². The zero-order chi connectivity index (χ0) is 18.8. The van der Waals surface area contributed by atoms with Crippen LogP contribution in [0.4, 0.5) is 0 Å². The second-order valence-electron chi connectivity index (χ2n) is 1.83. The molecule has 0 bridgehead atoms. The van der Waals surface area contributed by atoms with Crippen molar-refractivity contribution in [2.45, 2.75) is 0 Å². The Hall–Kier alpha value is 0.650. The molecular weight excluding hydrogens is 354 g/mol. The molecule has 130 valence electrons. The van der Waals surface area contributed by atoms with Crippen molar-refractivity contribution in [2.75, 3.05) is 0 Å². The van der Waals surface area contributed by atoms with Crippen LogP contribution in [0.25, 0.3) is 0 Å². The molecule has 16 nitrogen and oxygen atoms in total. The fourth-order valence-electron chi connectivity index (χ4n) is 0. The summed E-state index contributed by atoms with van der Waals surface area (Å²) in [7, 11) is -13.3. The van der Waals surface area contributed by atoms with Gasteiger partial charge in [-0.1, -0.05) is 0 Å². The van der Waals surface area contributed by atoms with Gasteiger partial charge < -0.3 is 60.3 Å². The first-order chi connectivity index (χ1) is 8.93. The van der Waals surface area contributed by atoms with Crippen LogP contribution in [-0.4, -0.2) is 137 Å². The number of hydrogen-bond acceptors (Lipinski definition) is 14. The maximum absolute atomic E-state index is 8.74. The molecule has 0 aromatic heterocycles. The molecule has 0 aliphatic rings. The molecule has 0 amide bonds. The molecule has 0 unspecified atom stereocenters. The molecule has 0 rings (SSSR count). The average Bonchev–Trinajstić information content (AvgIpc) is 1.91. The molecule has 0 atom stereocenters. The van der Waals surface area contributed by atoms with Gasteiger partial charge in [-0.3, -0.25) is 9.11 Å². The number of hydrogen-bond donors (Lipinski definition) is 14. The van der Waals surface area contributed by atoms with E-state index in [1.807, 2.05) is 0 Å². The summed E-state index contributed by atoms with van der Waals surface area (Å²) in [6.07, 6.45) is 0. The van der Waals surface area contributed by atoms with Gasteiger partial charge in [0.15, 0.2) is 0 Å². The van der Waals surface area contributed by atoms with E-state index >= 15 is 0 Å². The summed E-state index contributed by atoms with van der Waals surface area (Å²) in [5.41, 5.74) is 0. The van der Waals surface area contributed by atoms with Crippen molar-refractivity contribution in [3.63, 3.8) is 0 Å². The van der Waals surface area contributed by atoms with Crippen LogP contribution >= 0.6 is 0 Å². The average molecular weight is 369 g/mol. The van der Waals surface area contributed by atoms with E-state index < -0.39 is 39.7 Å². The first-order valence-corrected chi connectivity index (χ1v) is 5.19. The summed E-state index contributed by atoms with van der Waals surface area (Å²) in [6, 6.07) is 0. The number of rotatable bonds is 0. The molecule has 0 radical (unpaired) electrons.